The van der Waals surface area contributed by atoms with Gasteiger partial charge in [0.1, 0.15) is 0 Å². The van der Waals surface area contributed by atoms with Gasteiger partial charge < -0.3 is 15.5 Å². The summed E-state index contributed by atoms with van der Waals surface area (Å²) in [6, 6.07) is 0.581. The van der Waals surface area contributed by atoms with Crippen molar-refractivity contribution in [1.82, 2.24) is 15.5 Å². The average molecular weight is 199 g/mol. The second kappa shape index (κ2) is 5.20. The summed E-state index contributed by atoms with van der Waals surface area (Å²) in [5.74, 6) is 0.875. The van der Waals surface area contributed by atoms with Crippen LogP contribution in [0.5, 0.6) is 0 Å². The minimum atomic E-state index is -0.0223. The van der Waals surface area contributed by atoms with Crippen LogP contribution >= 0.6 is 0 Å². The number of nitrogens with zero attached hydrogens (tertiary/aromatic N) is 1. The summed E-state index contributed by atoms with van der Waals surface area (Å²) < 4.78 is 0. The number of rotatable bonds is 5. The van der Waals surface area contributed by atoms with Crippen LogP contribution in [-0.2, 0) is 0 Å². The first-order chi connectivity index (χ1) is 6.61. The van der Waals surface area contributed by atoms with E-state index in [0.29, 0.717) is 12.6 Å². The number of amides is 2. The Hall–Kier alpha value is -0.770. The van der Waals surface area contributed by atoms with Crippen molar-refractivity contribution in [2.75, 3.05) is 27.2 Å². The molecule has 2 amide bonds. The highest BCUT2D eigenvalue weighted by atomic mass is 16.2. The van der Waals surface area contributed by atoms with E-state index in [0.717, 1.165) is 12.5 Å². The number of carbonyl (C=O) groups excluding carboxylic acids is 1. The molecule has 0 saturated heterocycles. The van der Waals surface area contributed by atoms with Crippen LogP contribution in [0.25, 0.3) is 0 Å². The molecular weight excluding hydrogens is 178 g/mol. The fourth-order valence-electron chi connectivity index (χ4n) is 1.39. The standard InChI is InChI=1S/C10H21N3O/c1-8(9-4-5-9)11-6-7-12-10(14)13(2)3/h8-9,11H,4-7H2,1-3H3,(H,12,14). The molecule has 0 aromatic heterocycles. The van der Waals surface area contributed by atoms with Gasteiger partial charge >= 0.3 is 6.03 Å². The minimum Gasteiger partial charge on any atom is -0.337 e. The maximum Gasteiger partial charge on any atom is 0.316 e. The molecule has 1 saturated carbocycles. The Morgan fingerprint density at radius 3 is 2.57 bits per heavy atom. The van der Waals surface area contributed by atoms with Crippen molar-refractivity contribution in [3.05, 3.63) is 0 Å². The molecule has 0 spiro atoms. The predicted octanol–water partition coefficient (Wildman–Crippen LogP) is 0.646. The van der Waals surface area contributed by atoms with E-state index in [1.807, 2.05) is 0 Å². The molecule has 0 aromatic rings. The van der Waals surface area contributed by atoms with E-state index in [9.17, 15) is 4.79 Å². The molecule has 1 fully saturated rings. The van der Waals surface area contributed by atoms with Gasteiger partial charge in [-0.1, -0.05) is 0 Å². The second-order valence-electron chi connectivity index (χ2n) is 4.21. The Bertz CT molecular complexity index is 190. The third-order valence-electron chi connectivity index (χ3n) is 2.60. The van der Waals surface area contributed by atoms with Crippen molar-refractivity contribution in [3.63, 3.8) is 0 Å². The topological polar surface area (TPSA) is 44.4 Å². The molecule has 4 heteroatoms. The van der Waals surface area contributed by atoms with Gasteiger partial charge in [0.15, 0.2) is 0 Å². The lowest BCUT2D eigenvalue weighted by atomic mass is 10.2. The van der Waals surface area contributed by atoms with Gasteiger partial charge in [-0.25, -0.2) is 4.79 Å². The zero-order valence-corrected chi connectivity index (χ0v) is 9.34. The lowest BCUT2D eigenvalue weighted by Crippen LogP contribution is -2.40. The van der Waals surface area contributed by atoms with Gasteiger partial charge in [-0.05, 0) is 25.7 Å². The quantitative estimate of drug-likeness (QED) is 0.638. The molecule has 1 aliphatic rings. The first kappa shape index (κ1) is 11.3. The van der Waals surface area contributed by atoms with E-state index in [1.54, 1.807) is 19.0 Å². The van der Waals surface area contributed by atoms with E-state index in [-0.39, 0.29) is 6.03 Å². The maximum atomic E-state index is 11.1. The van der Waals surface area contributed by atoms with E-state index in [4.69, 9.17) is 0 Å². The van der Waals surface area contributed by atoms with Crippen molar-refractivity contribution in [3.8, 4) is 0 Å². The van der Waals surface area contributed by atoms with Crippen molar-refractivity contribution in [2.45, 2.75) is 25.8 Å². The Morgan fingerprint density at radius 1 is 1.43 bits per heavy atom. The third kappa shape index (κ3) is 3.96. The van der Waals surface area contributed by atoms with E-state index < -0.39 is 0 Å². The number of urea groups is 1. The van der Waals surface area contributed by atoms with Crippen LogP contribution in [0.4, 0.5) is 4.79 Å². The van der Waals surface area contributed by atoms with Gasteiger partial charge in [-0.2, -0.15) is 0 Å². The molecule has 0 radical (unpaired) electrons. The van der Waals surface area contributed by atoms with Gasteiger partial charge in [0.05, 0.1) is 0 Å². The monoisotopic (exact) mass is 199 g/mol. The normalized spacial score (nSPS) is 17.6. The van der Waals surface area contributed by atoms with Crippen molar-refractivity contribution in [1.29, 1.82) is 0 Å². The molecule has 1 aliphatic carbocycles. The van der Waals surface area contributed by atoms with Gasteiger partial charge in [0.2, 0.25) is 0 Å². The molecule has 4 nitrogen and oxygen atoms in total. The van der Waals surface area contributed by atoms with Crippen LogP contribution in [-0.4, -0.2) is 44.2 Å². The maximum absolute atomic E-state index is 11.1. The molecule has 82 valence electrons. The average Bonchev–Trinajstić information content (AvgIpc) is 2.94. The summed E-state index contributed by atoms with van der Waals surface area (Å²) >= 11 is 0. The zero-order valence-electron chi connectivity index (χ0n) is 9.34. The summed E-state index contributed by atoms with van der Waals surface area (Å²) in [6.07, 6.45) is 2.72. The van der Waals surface area contributed by atoms with Crippen molar-refractivity contribution in [2.24, 2.45) is 5.92 Å². The van der Waals surface area contributed by atoms with Crippen LogP contribution in [0.3, 0.4) is 0 Å². The fourth-order valence-corrected chi connectivity index (χ4v) is 1.39. The molecule has 1 atom stereocenters. The van der Waals surface area contributed by atoms with Gasteiger partial charge in [0, 0.05) is 33.2 Å². The third-order valence-corrected chi connectivity index (χ3v) is 2.60. The molecular formula is C10H21N3O. The first-order valence-corrected chi connectivity index (χ1v) is 5.30. The highest BCUT2D eigenvalue weighted by Gasteiger charge is 2.27. The Morgan fingerprint density at radius 2 is 2.07 bits per heavy atom. The first-order valence-electron chi connectivity index (χ1n) is 5.30. The summed E-state index contributed by atoms with van der Waals surface area (Å²) in [6.45, 7) is 3.77. The molecule has 2 N–H and O–H groups in total. The van der Waals surface area contributed by atoms with Gasteiger partial charge in [-0.15, -0.1) is 0 Å². The largest absolute Gasteiger partial charge is 0.337 e. The Balaban J connectivity index is 1.95. The molecule has 0 aliphatic heterocycles. The van der Waals surface area contributed by atoms with Crippen molar-refractivity contribution < 1.29 is 4.79 Å². The summed E-state index contributed by atoms with van der Waals surface area (Å²) in [7, 11) is 3.49. The molecule has 14 heavy (non-hydrogen) atoms. The summed E-state index contributed by atoms with van der Waals surface area (Å²) in [5, 5.41) is 6.23. The predicted molar refractivity (Wildman–Crippen MR) is 57.3 cm³/mol. The molecule has 0 aromatic carbocycles. The highest BCUT2D eigenvalue weighted by Crippen LogP contribution is 2.32. The summed E-state index contributed by atoms with van der Waals surface area (Å²) in [4.78, 5) is 12.7. The Kier molecular flexibility index (Phi) is 4.20. The lowest BCUT2D eigenvalue weighted by molar-refractivity contribution is 0.217. The van der Waals surface area contributed by atoms with Crippen LogP contribution in [0, 0.1) is 5.92 Å². The van der Waals surface area contributed by atoms with Gasteiger partial charge in [-0.3, -0.25) is 0 Å². The van der Waals surface area contributed by atoms with E-state index >= 15 is 0 Å². The van der Waals surface area contributed by atoms with E-state index in [2.05, 4.69) is 17.6 Å². The van der Waals surface area contributed by atoms with Crippen LogP contribution in [0.1, 0.15) is 19.8 Å². The van der Waals surface area contributed by atoms with Gasteiger partial charge in [0.25, 0.3) is 0 Å². The molecule has 0 heterocycles. The van der Waals surface area contributed by atoms with E-state index in [1.165, 1.54) is 12.8 Å². The summed E-state index contributed by atoms with van der Waals surface area (Å²) in [5.41, 5.74) is 0. The highest BCUT2D eigenvalue weighted by molar-refractivity contribution is 5.73. The number of hydrogen-bond donors (Lipinski definition) is 2. The van der Waals surface area contributed by atoms with Crippen LogP contribution in [0.2, 0.25) is 0 Å². The van der Waals surface area contributed by atoms with Crippen LogP contribution in [0.15, 0.2) is 0 Å². The van der Waals surface area contributed by atoms with Crippen LogP contribution < -0.4 is 10.6 Å². The second-order valence-corrected chi connectivity index (χ2v) is 4.21. The lowest BCUT2D eigenvalue weighted by Gasteiger charge is -2.15. The Labute approximate surface area is 86.0 Å². The smallest absolute Gasteiger partial charge is 0.316 e. The number of carbonyl (C=O) groups is 1. The van der Waals surface area contributed by atoms with Crippen molar-refractivity contribution >= 4 is 6.03 Å². The fraction of sp³-hybridized carbons (Fsp3) is 0.900. The molecule has 0 bridgehead atoms. The zero-order chi connectivity index (χ0) is 10.6. The SMILES string of the molecule is CC(NCCNC(=O)N(C)C)C1CC1. The number of nitrogens with one attached hydrogen (secondary N) is 2. The molecule has 1 unspecified atom stereocenters. The minimum absolute atomic E-state index is 0.0223. The number of hydrogen-bond acceptors (Lipinski definition) is 2. The molecule has 1 rings (SSSR count).